The third kappa shape index (κ3) is 4.50. The lowest BCUT2D eigenvalue weighted by Crippen LogP contribution is -2.43. The SMILES string of the molecule is COC(=O)C1=C(c2ccccc2)c2ccccc2S(=O)(=O)N1CC(=O)Nc1cc(C)ccc1OC. The monoisotopic (exact) mass is 492 g/mol. The van der Waals surface area contributed by atoms with Gasteiger partial charge in [-0.3, -0.25) is 4.79 Å². The number of methoxy groups -OCH3 is 2. The summed E-state index contributed by atoms with van der Waals surface area (Å²) in [5.74, 6) is -1.10. The van der Waals surface area contributed by atoms with E-state index in [0.717, 1.165) is 9.87 Å². The van der Waals surface area contributed by atoms with Crippen LogP contribution in [0, 0.1) is 6.92 Å². The van der Waals surface area contributed by atoms with Crippen LogP contribution in [0.25, 0.3) is 5.57 Å². The Labute approximate surface area is 203 Å². The molecule has 1 amide bonds. The van der Waals surface area contributed by atoms with Crippen LogP contribution >= 0.6 is 0 Å². The summed E-state index contributed by atoms with van der Waals surface area (Å²) in [5, 5.41) is 2.70. The number of fused-ring (bicyclic) bond motifs is 1. The number of hydrogen-bond donors (Lipinski definition) is 1. The number of benzene rings is 3. The molecule has 3 aromatic rings. The van der Waals surface area contributed by atoms with Gasteiger partial charge in [0.2, 0.25) is 5.91 Å². The summed E-state index contributed by atoms with van der Waals surface area (Å²) in [6, 6.07) is 20.5. The second kappa shape index (κ2) is 9.63. The first kappa shape index (κ1) is 24.0. The molecule has 0 unspecified atom stereocenters. The minimum absolute atomic E-state index is 0.00700. The van der Waals surface area contributed by atoms with E-state index in [1.807, 2.05) is 19.1 Å². The van der Waals surface area contributed by atoms with E-state index in [1.165, 1.54) is 20.3 Å². The zero-order valence-corrected chi connectivity index (χ0v) is 20.3. The van der Waals surface area contributed by atoms with Crippen molar-refractivity contribution in [1.29, 1.82) is 0 Å². The Bertz CT molecular complexity index is 1430. The molecular formula is C26H24N2O6S. The van der Waals surface area contributed by atoms with E-state index in [0.29, 0.717) is 28.1 Å². The molecule has 0 fully saturated rings. The third-order valence-electron chi connectivity index (χ3n) is 5.57. The number of carbonyl (C=O) groups excluding carboxylic acids is 2. The van der Waals surface area contributed by atoms with Gasteiger partial charge in [0, 0.05) is 11.1 Å². The minimum atomic E-state index is -4.26. The molecule has 1 N–H and O–H groups in total. The van der Waals surface area contributed by atoms with Crippen molar-refractivity contribution in [2.24, 2.45) is 0 Å². The number of anilines is 1. The second-order valence-corrected chi connectivity index (χ2v) is 9.67. The van der Waals surface area contributed by atoms with Crippen molar-refractivity contribution in [1.82, 2.24) is 4.31 Å². The summed E-state index contributed by atoms with van der Waals surface area (Å²) in [6.07, 6.45) is 0. The summed E-state index contributed by atoms with van der Waals surface area (Å²) in [4.78, 5) is 26.1. The van der Waals surface area contributed by atoms with Gasteiger partial charge in [-0.05, 0) is 36.2 Å². The molecule has 4 rings (SSSR count). The van der Waals surface area contributed by atoms with Gasteiger partial charge in [-0.25, -0.2) is 17.5 Å². The predicted molar refractivity (Wildman–Crippen MR) is 131 cm³/mol. The number of aryl methyl sites for hydroxylation is 1. The molecule has 0 aromatic heterocycles. The highest BCUT2D eigenvalue weighted by Gasteiger charge is 2.41. The quantitative estimate of drug-likeness (QED) is 0.528. The summed E-state index contributed by atoms with van der Waals surface area (Å²) >= 11 is 0. The van der Waals surface area contributed by atoms with Crippen molar-refractivity contribution in [3.63, 3.8) is 0 Å². The van der Waals surface area contributed by atoms with E-state index in [1.54, 1.807) is 54.6 Å². The number of amides is 1. The van der Waals surface area contributed by atoms with Gasteiger partial charge >= 0.3 is 5.97 Å². The summed E-state index contributed by atoms with van der Waals surface area (Å²) in [7, 11) is -1.62. The average molecular weight is 493 g/mol. The fourth-order valence-corrected chi connectivity index (χ4v) is 5.62. The van der Waals surface area contributed by atoms with Crippen LogP contribution in [0.15, 0.2) is 83.4 Å². The molecule has 35 heavy (non-hydrogen) atoms. The molecular weight excluding hydrogens is 468 g/mol. The van der Waals surface area contributed by atoms with Crippen molar-refractivity contribution < 1.29 is 27.5 Å². The standard InChI is InChI=1S/C26H24N2O6S/c1-17-13-14-21(33-2)20(15-17)27-23(29)16-28-25(26(30)34-3)24(18-9-5-4-6-10-18)19-11-7-8-12-22(19)35(28,31)32/h4-15H,16H2,1-3H3,(H,27,29). The maximum Gasteiger partial charge on any atom is 0.356 e. The first-order valence-electron chi connectivity index (χ1n) is 10.7. The minimum Gasteiger partial charge on any atom is -0.495 e. The first-order chi connectivity index (χ1) is 16.8. The van der Waals surface area contributed by atoms with E-state index >= 15 is 0 Å². The number of sulfonamides is 1. The van der Waals surface area contributed by atoms with Crippen LogP contribution in [0.2, 0.25) is 0 Å². The lowest BCUT2D eigenvalue weighted by molar-refractivity contribution is -0.137. The molecule has 0 saturated heterocycles. The van der Waals surface area contributed by atoms with Crippen LogP contribution in [0.3, 0.4) is 0 Å². The first-order valence-corrected chi connectivity index (χ1v) is 12.2. The number of carbonyl (C=O) groups is 2. The molecule has 0 atom stereocenters. The predicted octanol–water partition coefficient (Wildman–Crippen LogP) is 3.58. The highest BCUT2D eigenvalue weighted by Crippen LogP contribution is 2.40. The molecule has 180 valence electrons. The number of esters is 1. The van der Waals surface area contributed by atoms with Gasteiger partial charge in [-0.2, -0.15) is 0 Å². The lowest BCUT2D eigenvalue weighted by Gasteiger charge is -2.32. The van der Waals surface area contributed by atoms with E-state index in [4.69, 9.17) is 9.47 Å². The van der Waals surface area contributed by atoms with Crippen molar-refractivity contribution in [3.05, 3.63) is 95.2 Å². The third-order valence-corrected chi connectivity index (χ3v) is 7.37. The van der Waals surface area contributed by atoms with Crippen molar-refractivity contribution in [2.45, 2.75) is 11.8 Å². The maximum absolute atomic E-state index is 13.7. The van der Waals surface area contributed by atoms with E-state index in [2.05, 4.69) is 5.32 Å². The average Bonchev–Trinajstić information content (AvgIpc) is 2.86. The van der Waals surface area contributed by atoms with Crippen LogP contribution in [-0.4, -0.2) is 45.4 Å². The molecule has 0 spiro atoms. The number of rotatable bonds is 6. The lowest BCUT2D eigenvalue weighted by atomic mass is 9.95. The highest BCUT2D eigenvalue weighted by atomic mass is 32.2. The van der Waals surface area contributed by atoms with Gasteiger partial charge < -0.3 is 14.8 Å². The number of ether oxygens (including phenoxy) is 2. The van der Waals surface area contributed by atoms with E-state index in [9.17, 15) is 18.0 Å². The van der Waals surface area contributed by atoms with Crippen molar-refractivity contribution in [3.8, 4) is 5.75 Å². The van der Waals surface area contributed by atoms with E-state index in [-0.39, 0.29) is 10.6 Å². The highest BCUT2D eigenvalue weighted by molar-refractivity contribution is 7.89. The zero-order chi connectivity index (χ0) is 25.2. The summed E-state index contributed by atoms with van der Waals surface area (Å²) < 4.78 is 38.4. The van der Waals surface area contributed by atoms with Gasteiger partial charge in [-0.15, -0.1) is 0 Å². The van der Waals surface area contributed by atoms with Gasteiger partial charge in [-0.1, -0.05) is 54.6 Å². The Morgan fingerprint density at radius 2 is 1.63 bits per heavy atom. The number of nitrogens with zero attached hydrogens (tertiary/aromatic N) is 1. The van der Waals surface area contributed by atoms with Crippen LogP contribution in [0.4, 0.5) is 5.69 Å². The Morgan fingerprint density at radius 3 is 2.31 bits per heavy atom. The van der Waals surface area contributed by atoms with Crippen LogP contribution < -0.4 is 10.1 Å². The molecule has 0 bridgehead atoms. The van der Waals surface area contributed by atoms with Crippen LogP contribution in [-0.2, 0) is 24.3 Å². The Balaban J connectivity index is 1.86. The van der Waals surface area contributed by atoms with Crippen molar-refractivity contribution in [2.75, 3.05) is 26.1 Å². The molecule has 0 radical (unpaired) electrons. The normalized spacial score (nSPS) is 14.2. The van der Waals surface area contributed by atoms with E-state index < -0.39 is 28.4 Å². The Hall–Kier alpha value is -4.11. The molecule has 0 aliphatic carbocycles. The molecule has 9 heteroatoms. The largest absolute Gasteiger partial charge is 0.495 e. The molecule has 1 aliphatic rings. The van der Waals surface area contributed by atoms with Crippen molar-refractivity contribution >= 4 is 33.2 Å². The Kier molecular flexibility index (Phi) is 6.61. The summed E-state index contributed by atoms with van der Waals surface area (Å²) in [6.45, 7) is 1.21. The molecule has 8 nitrogen and oxygen atoms in total. The van der Waals surface area contributed by atoms with Gasteiger partial charge in [0.25, 0.3) is 10.0 Å². The Morgan fingerprint density at radius 1 is 0.943 bits per heavy atom. The number of nitrogens with one attached hydrogen (secondary N) is 1. The maximum atomic E-state index is 13.7. The zero-order valence-electron chi connectivity index (χ0n) is 19.4. The topological polar surface area (TPSA) is 102 Å². The van der Waals surface area contributed by atoms with Gasteiger partial charge in [0.05, 0.1) is 24.8 Å². The fourth-order valence-electron chi connectivity index (χ4n) is 3.99. The smallest absolute Gasteiger partial charge is 0.356 e. The fraction of sp³-hybridized carbons (Fsp3) is 0.154. The second-order valence-electron chi connectivity index (χ2n) is 7.84. The molecule has 1 aliphatic heterocycles. The van der Waals surface area contributed by atoms with Gasteiger partial charge in [0.15, 0.2) is 0 Å². The van der Waals surface area contributed by atoms with Crippen LogP contribution in [0.1, 0.15) is 16.7 Å². The molecule has 0 saturated carbocycles. The molecule has 3 aromatic carbocycles. The number of hydrogen-bond acceptors (Lipinski definition) is 6. The molecule has 1 heterocycles. The van der Waals surface area contributed by atoms with Gasteiger partial charge in [0.1, 0.15) is 18.0 Å². The summed E-state index contributed by atoms with van der Waals surface area (Å²) in [5.41, 5.74) is 2.37. The van der Waals surface area contributed by atoms with Crippen LogP contribution in [0.5, 0.6) is 5.75 Å².